The molecule has 59 heavy (non-hydrogen) atoms. The number of aliphatic hydroxyl groups excluding tert-OH is 7. The van der Waals surface area contributed by atoms with E-state index in [1.165, 1.54) is 116 Å². The first-order chi connectivity index (χ1) is 28.6. The van der Waals surface area contributed by atoms with E-state index in [2.05, 4.69) is 13.8 Å². The predicted octanol–water partition coefficient (Wildman–Crippen LogP) is 5.74. The Morgan fingerprint density at radius 1 is 0.492 bits per heavy atom. The van der Waals surface area contributed by atoms with Gasteiger partial charge in [-0.1, -0.05) is 162 Å². The van der Waals surface area contributed by atoms with E-state index < -0.39 is 80.7 Å². The second kappa shape index (κ2) is 34.5. The second-order valence-corrected chi connectivity index (χ2v) is 16.9. The van der Waals surface area contributed by atoms with Crippen LogP contribution in [0.4, 0.5) is 0 Å². The van der Waals surface area contributed by atoms with Crippen LogP contribution < -0.4 is 0 Å². The Balaban J connectivity index is 1.77. The Hall–Kier alpha value is -1.01. The number of aliphatic hydroxyl groups is 7. The first-order valence-electron chi connectivity index (χ1n) is 23.6. The van der Waals surface area contributed by atoms with E-state index in [0.29, 0.717) is 13.0 Å². The van der Waals surface area contributed by atoms with Crippen LogP contribution in [0, 0.1) is 0 Å². The van der Waals surface area contributed by atoms with E-state index >= 15 is 0 Å². The van der Waals surface area contributed by atoms with E-state index in [-0.39, 0.29) is 25.6 Å². The zero-order chi connectivity index (χ0) is 43.1. The molecule has 7 N–H and O–H groups in total. The largest absolute Gasteiger partial charge is 0.457 e. The van der Waals surface area contributed by atoms with Crippen molar-refractivity contribution in [3.63, 3.8) is 0 Å². The third kappa shape index (κ3) is 23.3. The van der Waals surface area contributed by atoms with Gasteiger partial charge in [0.1, 0.15) is 54.9 Å². The van der Waals surface area contributed by atoms with E-state index in [0.717, 1.165) is 38.5 Å². The fraction of sp³-hybridized carbons (Fsp3) is 0.978. The van der Waals surface area contributed by atoms with Crippen molar-refractivity contribution in [1.82, 2.24) is 0 Å². The summed E-state index contributed by atoms with van der Waals surface area (Å²) < 4.78 is 34.1. The molecule has 11 atom stereocenters. The van der Waals surface area contributed by atoms with Gasteiger partial charge in [-0.15, -0.1) is 0 Å². The molecule has 14 nitrogen and oxygen atoms in total. The molecule has 2 saturated heterocycles. The van der Waals surface area contributed by atoms with Gasteiger partial charge in [-0.3, -0.25) is 4.79 Å². The lowest BCUT2D eigenvalue weighted by atomic mass is 9.98. The van der Waals surface area contributed by atoms with Gasteiger partial charge in [0.05, 0.1) is 26.4 Å². The summed E-state index contributed by atoms with van der Waals surface area (Å²) >= 11 is 0. The number of rotatable bonds is 37. The Morgan fingerprint density at radius 2 is 0.898 bits per heavy atom. The van der Waals surface area contributed by atoms with Gasteiger partial charge in [0, 0.05) is 13.0 Å². The lowest BCUT2D eigenvalue weighted by molar-refractivity contribution is -0.332. The van der Waals surface area contributed by atoms with Crippen LogP contribution in [0.25, 0.3) is 0 Å². The van der Waals surface area contributed by atoms with Crippen LogP contribution in [0.2, 0.25) is 0 Å². The van der Waals surface area contributed by atoms with Crippen LogP contribution in [-0.4, -0.2) is 142 Å². The fourth-order valence-electron chi connectivity index (χ4n) is 7.70. The number of ether oxygens (including phenoxy) is 6. The second-order valence-electron chi connectivity index (χ2n) is 16.9. The van der Waals surface area contributed by atoms with Crippen molar-refractivity contribution in [3.8, 4) is 0 Å². The molecule has 14 heteroatoms. The molecule has 11 unspecified atom stereocenters. The standard InChI is InChI=1S/C45H86O14/c1-3-5-7-9-11-13-14-15-16-17-18-19-21-23-25-27-29-54-31-34(57-37(47)28-26-24-22-20-12-10-8-6-4-2)32-55-44-43(53)41(51)39(49)36(59-44)33-56-45-42(52)40(50)38(48)35(30-46)58-45/h34-36,38-46,48-53H,3-33H2,1-2H3. The molecular weight excluding hydrogens is 764 g/mol. The van der Waals surface area contributed by atoms with Crippen LogP contribution in [0.15, 0.2) is 0 Å². The van der Waals surface area contributed by atoms with Gasteiger partial charge in [0.25, 0.3) is 0 Å². The number of carbonyl (C=O) groups excluding carboxylic acids is 1. The molecule has 0 amide bonds. The molecule has 0 saturated carbocycles. The number of hydrogen-bond donors (Lipinski definition) is 7. The van der Waals surface area contributed by atoms with Crippen molar-refractivity contribution in [2.75, 3.05) is 33.0 Å². The summed E-state index contributed by atoms with van der Waals surface area (Å²) in [6.07, 6.45) is 14.7. The van der Waals surface area contributed by atoms with E-state index in [1.807, 2.05) is 0 Å². The maximum Gasteiger partial charge on any atom is 0.306 e. The monoisotopic (exact) mass is 851 g/mol. The van der Waals surface area contributed by atoms with Gasteiger partial charge in [-0.05, 0) is 12.8 Å². The molecule has 0 aromatic heterocycles. The molecule has 2 aliphatic heterocycles. The normalized spacial score (nSPS) is 27.9. The van der Waals surface area contributed by atoms with Gasteiger partial charge in [0.15, 0.2) is 12.6 Å². The molecule has 2 heterocycles. The summed E-state index contributed by atoms with van der Waals surface area (Å²) in [5.74, 6) is -0.376. The van der Waals surface area contributed by atoms with Crippen LogP contribution in [0.5, 0.6) is 0 Å². The summed E-state index contributed by atoms with van der Waals surface area (Å²) in [5, 5.41) is 71.8. The van der Waals surface area contributed by atoms with Crippen molar-refractivity contribution < 1.29 is 69.0 Å². The average molecular weight is 851 g/mol. The molecule has 0 aromatic carbocycles. The van der Waals surface area contributed by atoms with Crippen molar-refractivity contribution in [2.45, 2.75) is 248 Å². The molecule has 0 bridgehead atoms. The zero-order valence-corrected chi connectivity index (χ0v) is 36.8. The smallest absolute Gasteiger partial charge is 0.306 e. The van der Waals surface area contributed by atoms with E-state index in [1.54, 1.807) is 0 Å². The highest BCUT2D eigenvalue weighted by atomic mass is 16.7. The van der Waals surface area contributed by atoms with Crippen LogP contribution in [-0.2, 0) is 33.2 Å². The number of carbonyl (C=O) groups is 1. The fourth-order valence-corrected chi connectivity index (χ4v) is 7.70. The van der Waals surface area contributed by atoms with Crippen molar-refractivity contribution in [1.29, 1.82) is 0 Å². The van der Waals surface area contributed by atoms with Crippen molar-refractivity contribution >= 4 is 5.97 Å². The van der Waals surface area contributed by atoms with Gasteiger partial charge in [-0.25, -0.2) is 0 Å². The Labute approximate surface area is 355 Å². The highest BCUT2D eigenvalue weighted by Crippen LogP contribution is 2.26. The topological polar surface area (TPSA) is 214 Å². The highest BCUT2D eigenvalue weighted by molar-refractivity contribution is 5.69. The van der Waals surface area contributed by atoms with Crippen molar-refractivity contribution in [3.05, 3.63) is 0 Å². The quantitative estimate of drug-likeness (QED) is 0.0294. The Morgan fingerprint density at radius 3 is 1.37 bits per heavy atom. The third-order valence-electron chi connectivity index (χ3n) is 11.6. The van der Waals surface area contributed by atoms with Crippen molar-refractivity contribution in [2.24, 2.45) is 0 Å². The summed E-state index contributed by atoms with van der Waals surface area (Å²) in [6, 6.07) is 0. The minimum Gasteiger partial charge on any atom is -0.457 e. The van der Waals surface area contributed by atoms with Crippen LogP contribution in [0.3, 0.4) is 0 Å². The van der Waals surface area contributed by atoms with Gasteiger partial charge in [-0.2, -0.15) is 0 Å². The van der Waals surface area contributed by atoms with Crippen LogP contribution >= 0.6 is 0 Å². The third-order valence-corrected chi connectivity index (χ3v) is 11.6. The predicted molar refractivity (Wildman–Crippen MR) is 224 cm³/mol. The van der Waals surface area contributed by atoms with E-state index in [4.69, 9.17) is 28.4 Å². The summed E-state index contributed by atoms with van der Waals surface area (Å²) in [5.41, 5.74) is 0. The molecule has 2 fully saturated rings. The molecule has 0 spiro atoms. The first kappa shape index (κ1) is 54.1. The maximum absolute atomic E-state index is 12.9. The maximum atomic E-state index is 12.9. The van der Waals surface area contributed by atoms with Crippen LogP contribution in [0.1, 0.15) is 181 Å². The molecule has 0 radical (unpaired) electrons. The molecule has 350 valence electrons. The summed E-state index contributed by atoms with van der Waals surface area (Å²) in [7, 11) is 0. The molecule has 0 aliphatic carbocycles. The van der Waals surface area contributed by atoms with Gasteiger partial charge >= 0.3 is 5.97 Å². The molecular formula is C45H86O14. The summed E-state index contributed by atoms with van der Waals surface area (Å²) in [6.45, 7) is 3.69. The lowest BCUT2D eigenvalue weighted by Crippen LogP contribution is -2.61. The Kier molecular flexibility index (Phi) is 31.6. The number of esters is 1. The van der Waals surface area contributed by atoms with Gasteiger partial charge < -0.3 is 64.2 Å². The number of unbranched alkanes of at least 4 members (excludes halogenated alkanes) is 23. The minimum atomic E-state index is -1.70. The SMILES string of the molecule is CCCCCCCCCCCCCCCCCCOCC(COC1OC(COC2OC(CO)C(O)C(O)C2O)C(O)C(O)C1O)OC(=O)CCCCCCCCCCC. The molecule has 2 rings (SSSR count). The average Bonchev–Trinajstić information content (AvgIpc) is 3.23. The summed E-state index contributed by atoms with van der Waals surface area (Å²) in [4.78, 5) is 12.9. The number of hydrogen-bond acceptors (Lipinski definition) is 14. The van der Waals surface area contributed by atoms with Gasteiger partial charge in [0.2, 0.25) is 0 Å². The zero-order valence-electron chi connectivity index (χ0n) is 36.8. The highest BCUT2D eigenvalue weighted by Gasteiger charge is 2.47. The molecule has 0 aromatic rings. The minimum absolute atomic E-state index is 0.0693. The molecule has 2 aliphatic rings. The Bertz CT molecular complexity index is 990. The first-order valence-corrected chi connectivity index (χ1v) is 23.6. The lowest BCUT2D eigenvalue weighted by Gasteiger charge is -2.42. The van der Waals surface area contributed by atoms with E-state index in [9.17, 15) is 40.5 Å².